The predicted octanol–water partition coefficient (Wildman–Crippen LogP) is 2.77. The number of rotatable bonds is 10. The van der Waals surface area contributed by atoms with Crippen LogP contribution < -0.4 is 0 Å². The second-order valence-electron chi connectivity index (χ2n) is 4.49. The molecular weight excluding hydrogens is 288 g/mol. The molecule has 0 aliphatic carbocycles. The highest BCUT2D eigenvalue weighted by atomic mass is 16.7. The molecule has 0 heterocycles. The lowest BCUT2D eigenvalue weighted by Crippen LogP contribution is -2.11. The van der Waals surface area contributed by atoms with Gasteiger partial charge in [0.2, 0.25) is 0 Å². The van der Waals surface area contributed by atoms with Gasteiger partial charge >= 0.3 is 11.9 Å². The van der Waals surface area contributed by atoms with E-state index in [2.05, 4.69) is 0 Å². The van der Waals surface area contributed by atoms with Crippen LogP contribution in [0.1, 0.15) is 47.4 Å². The third-order valence-electron chi connectivity index (χ3n) is 2.60. The molecule has 0 amide bonds. The molecule has 0 bridgehead atoms. The van der Waals surface area contributed by atoms with E-state index < -0.39 is 11.9 Å². The first-order chi connectivity index (χ1) is 10.7. The first-order valence-corrected chi connectivity index (χ1v) is 7.28. The Balaban J connectivity index is 2.41. The minimum absolute atomic E-state index is 0.0781. The molecule has 0 saturated carbocycles. The molecule has 0 unspecified atom stereocenters. The molecule has 6 heteroatoms. The quantitative estimate of drug-likeness (QED) is 0.376. The van der Waals surface area contributed by atoms with Crippen LogP contribution >= 0.6 is 0 Å². The fourth-order valence-corrected chi connectivity index (χ4v) is 1.51. The summed E-state index contributed by atoms with van der Waals surface area (Å²) in [6, 6.07) is 6.02. The fraction of sp³-hybridized carbons (Fsp3) is 0.500. The standard InChI is InChI=1S/C16H22O6/c1-3-9-19-11-21-15(17)13-5-7-14(8-6-13)16(18)22-12-20-10-4-2/h5-8H,3-4,9-12H2,1-2H3. The van der Waals surface area contributed by atoms with Gasteiger partial charge in [0.15, 0.2) is 13.6 Å². The van der Waals surface area contributed by atoms with E-state index in [1.807, 2.05) is 13.8 Å². The van der Waals surface area contributed by atoms with Crippen LogP contribution in [-0.2, 0) is 18.9 Å². The average molecular weight is 310 g/mol. The Bertz CT molecular complexity index is 411. The van der Waals surface area contributed by atoms with E-state index >= 15 is 0 Å². The maximum absolute atomic E-state index is 11.7. The third-order valence-corrected chi connectivity index (χ3v) is 2.60. The lowest BCUT2D eigenvalue weighted by atomic mass is 10.1. The number of carbonyl (C=O) groups excluding carboxylic acids is 2. The summed E-state index contributed by atoms with van der Waals surface area (Å²) >= 11 is 0. The van der Waals surface area contributed by atoms with Gasteiger partial charge in [0.25, 0.3) is 0 Å². The van der Waals surface area contributed by atoms with Crippen molar-refractivity contribution >= 4 is 11.9 Å². The summed E-state index contributed by atoms with van der Waals surface area (Å²) in [4.78, 5) is 23.4. The van der Waals surface area contributed by atoms with Crippen molar-refractivity contribution in [3.63, 3.8) is 0 Å². The summed E-state index contributed by atoms with van der Waals surface area (Å²) in [5, 5.41) is 0. The van der Waals surface area contributed by atoms with Gasteiger partial charge in [-0.05, 0) is 37.1 Å². The Morgan fingerprint density at radius 3 is 1.45 bits per heavy atom. The summed E-state index contributed by atoms with van der Waals surface area (Å²) in [6.45, 7) is 4.85. The van der Waals surface area contributed by atoms with E-state index in [9.17, 15) is 9.59 Å². The Morgan fingerprint density at radius 2 is 1.14 bits per heavy atom. The minimum Gasteiger partial charge on any atom is -0.435 e. The Hall–Kier alpha value is -1.92. The van der Waals surface area contributed by atoms with Gasteiger partial charge < -0.3 is 18.9 Å². The van der Waals surface area contributed by atoms with Crippen LogP contribution in [0.25, 0.3) is 0 Å². The molecule has 0 spiro atoms. The maximum Gasteiger partial charge on any atom is 0.340 e. The summed E-state index contributed by atoms with van der Waals surface area (Å²) < 4.78 is 20.0. The van der Waals surface area contributed by atoms with E-state index in [-0.39, 0.29) is 13.6 Å². The zero-order valence-corrected chi connectivity index (χ0v) is 13.0. The molecule has 1 aromatic carbocycles. The van der Waals surface area contributed by atoms with Crippen molar-refractivity contribution in [1.82, 2.24) is 0 Å². The first kappa shape index (κ1) is 18.1. The van der Waals surface area contributed by atoms with Crippen LogP contribution in [0.15, 0.2) is 24.3 Å². The zero-order valence-electron chi connectivity index (χ0n) is 13.0. The van der Waals surface area contributed by atoms with Gasteiger partial charge in [0.1, 0.15) is 0 Å². The predicted molar refractivity (Wildman–Crippen MR) is 79.5 cm³/mol. The van der Waals surface area contributed by atoms with Crippen LogP contribution in [0.3, 0.4) is 0 Å². The monoisotopic (exact) mass is 310 g/mol. The Kier molecular flexibility index (Phi) is 8.86. The highest BCUT2D eigenvalue weighted by Crippen LogP contribution is 2.08. The largest absolute Gasteiger partial charge is 0.435 e. The SMILES string of the molecule is CCCOCOC(=O)c1ccc(C(=O)OCOCCC)cc1. The molecule has 0 atom stereocenters. The molecule has 6 nitrogen and oxygen atoms in total. The van der Waals surface area contributed by atoms with Crippen molar-refractivity contribution in [3.8, 4) is 0 Å². The minimum atomic E-state index is -0.498. The topological polar surface area (TPSA) is 71.1 Å². The van der Waals surface area contributed by atoms with Crippen molar-refractivity contribution in [2.45, 2.75) is 26.7 Å². The van der Waals surface area contributed by atoms with Gasteiger partial charge in [0.05, 0.1) is 24.3 Å². The second kappa shape index (κ2) is 10.8. The second-order valence-corrected chi connectivity index (χ2v) is 4.49. The highest BCUT2D eigenvalue weighted by molar-refractivity contribution is 5.93. The summed E-state index contributed by atoms with van der Waals surface area (Å²) in [7, 11) is 0. The maximum atomic E-state index is 11.7. The van der Waals surface area contributed by atoms with Crippen LogP contribution in [0.5, 0.6) is 0 Å². The lowest BCUT2D eigenvalue weighted by molar-refractivity contribution is -0.0322. The number of hydrogen-bond donors (Lipinski definition) is 0. The Labute approximate surface area is 130 Å². The summed E-state index contributed by atoms with van der Waals surface area (Å²) in [5.41, 5.74) is 0.692. The molecule has 0 fully saturated rings. The van der Waals surface area contributed by atoms with Crippen LogP contribution in [0.4, 0.5) is 0 Å². The average Bonchev–Trinajstić information content (AvgIpc) is 2.55. The van der Waals surface area contributed by atoms with Crippen molar-refractivity contribution in [2.75, 3.05) is 26.8 Å². The van der Waals surface area contributed by atoms with Crippen molar-refractivity contribution in [1.29, 1.82) is 0 Å². The molecule has 0 radical (unpaired) electrons. The normalized spacial score (nSPS) is 10.3. The van der Waals surface area contributed by atoms with Crippen molar-refractivity contribution in [3.05, 3.63) is 35.4 Å². The van der Waals surface area contributed by atoms with Gasteiger partial charge in [-0.1, -0.05) is 13.8 Å². The number of esters is 2. The fourth-order valence-electron chi connectivity index (χ4n) is 1.51. The lowest BCUT2D eigenvalue weighted by Gasteiger charge is -2.07. The van der Waals surface area contributed by atoms with E-state index in [0.717, 1.165) is 12.8 Å². The van der Waals surface area contributed by atoms with Crippen molar-refractivity contribution < 1.29 is 28.5 Å². The molecule has 22 heavy (non-hydrogen) atoms. The molecule has 1 aromatic rings. The van der Waals surface area contributed by atoms with Crippen LogP contribution in [-0.4, -0.2) is 38.7 Å². The van der Waals surface area contributed by atoms with Gasteiger partial charge in [-0.3, -0.25) is 0 Å². The smallest absolute Gasteiger partial charge is 0.340 e. The molecule has 0 aliphatic heterocycles. The van der Waals surface area contributed by atoms with Gasteiger partial charge in [-0.2, -0.15) is 0 Å². The molecule has 1 rings (SSSR count). The third kappa shape index (κ3) is 6.69. The number of carbonyl (C=O) groups is 2. The van der Waals surface area contributed by atoms with Gasteiger partial charge in [0, 0.05) is 0 Å². The van der Waals surface area contributed by atoms with Crippen molar-refractivity contribution in [2.24, 2.45) is 0 Å². The molecule has 0 N–H and O–H groups in total. The van der Waals surface area contributed by atoms with E-state index in [1.54, 1.807) is 0 Å². The van der Waals surface area contributed by atoms with Gasteiger partial charge in [-0.15, -0.1) is 0 Å². The summed E-state index contributed by atoms with van der Waals surface area (Å²) in [6.07, 6.45) is 1.71. The number of benzene rings is 1. The van der Waals surface area contributed by atoms with Crippen LogP contribution in [0.2, 0.25) is 0 Å². The molecule has 122 valence electrons. The van der Waals surface area contributed by atoms with Gasteiger partial charge in [-0.25, -0.2) is 9.59 Å². The highest BCUT2D eigenvalue weighted by Gasteiger charge is 2.10. The van der Waals surface area contributed by atoms with E-state index in [1.165, 1.54) is 24.3 Å². The Morgan fingerprint density at radius 1 is 0.773 bits per heavy atom. The van der Waals surface area contributed by atoms with E-state index in [0.29, 0.717) is 24.3 Å². The zero-order chi connectivity index (χ0) is 16.2. The molecule has 0 saturated heterocycles. The number of hydrogen-bond acceptors (Lipinski definition) is 6. The summed E-state index contributed by atoms with van der Waals surface area (Å²) in [5.74, 6) is -0.996. The number of ether oxygens (including phenoxy) is 4. The van der Waals surface area contributed by atoms with Crippen LogP contribution in [0, 0.1) is 0 Å². The first-order valence-electron chi connectivity index (χ1n) is 7.28. The molecule has 0 aliphatic rings. The van der Waals surface area contributed by atoms with E-state index in [4.69, 9.17) is 18.9 Å². The molecular formula is C16H22O6. The molecule has 0 aromatic heterocycles.